The van der Waals surface area contributed by atoms with E-state index in [0.717, 1.165) is 17.8 Å². The van der Waals surface area contributed by atoms with Gasteiger partial charge in [-0.1, -0.05) is 25.1 Å². The molecule has 0 radical (unpaired) electrons. The Hall–Kier alpha value is -1.74. The summed E-state index contributed by atoms with van der Waals surface area (Å²) in [5, 5.41) is 13.5. The third-order valence-corrected chi connectivity index (χ3v) is 4.21. The summed E-state index contributed by atoms with van der Waals surface area (Å²) >= 11 is 0. The number of anilines is 1. The Kier molecular flexibility index (Phi) is 2.86. The smallest absolute Gasteiger partial charge is 0.137 e. The average Bonchev–Trinajstić information content (AvgIpc) is 2.85. The first-order chi connectivity index (χ1) is 9.13. The largest absolute Gasteiger partial charge is 0.373 e. The van der Waals surface area contributed by atoms with Gasteiger partial charge in [0.1, 0.15) is 6.23 Å². The lowest BCUT2D eigenvalue weighted by Crippen LogP contribution is -2.21. The van der Waals surface area contributed by atoms with Gasteiger partial charge in [-0.15, -0.1) is 0 Å². The van der Waals surface area contributed by atoms with Gasteiger partial charge in [0, 0.05) is 17.1 Å². The maximum atomic E-state index is 10.3. The van der Waals surface area contributed by atoms with Gasteiger partial charge in [-0.05, 0) is 43.0 Å². The highest BCUT2D eigenvalue weighted by molar-refractivity contribution is 5.62. The number of aromatic nitrogens is 1. The predicted octanol–water partition coefficient (Wildman–Crippen LogP) is 3.07. The zero-order valence-corrected chi connectivity index (χ0v) is 11.6. The SMILES string of the molecule is CCc1c(C)[nH]c(C2c3ccccc3NC2O)c1C. The van der Waals surface area contributed by atoms with Crippen molar-refractivity contribution >= 4 is 5.69 Å². The molecule has 1 aromatic carbocycles. The lowest BCUT2D eigenvalue weighted by Gasteiger charge is -2.15. The number of hydrogen-bond donors (Lipinski definition) is 3. The van der Waals surface area contributed by atoms with Crippen LogP contribution in [0.15, 0.2) is 24.3 Å². The second kappa shape index (κ2) is 4.42. The minimum atomic E-state index is -0.557. The van der Waals surface area contributed by atoms with Crippen molar-refractivity contribution in [3.63, 3.8) is 0 Å². The molecule has 2 atom stereocenters. The maximum absolute atomic E-state index is 10.3. The van der Waals surface area contributed by atoms with E-state index in [2.05, 4.69) is 37.1 Å². The summed E-state index contributed by atoms with van der Waals surface area (Å²) in [6, 6.07) is 8.12. The molecule has 100 valence electrons. The molecule has 0 spiro atoms. The molecule has 0 saturated carbocycles. The Morgan fingerprint density at radius 3 is 2.63 bits per heavy atom. The molecule has 3 N–H and O–H groups in total. The van der Waals surface area contributed by atoms with Crippen LogP contribution in [0.3, 0.4) is 0 Å². The van der Waals surface area contributed by atoms with E-state index < -0.39 is 6.23 Å². The van der Waals surface area contributed by atoms with Crippen LogP contribution in [0, 0.1) is 13.8 Å². The molecule has 2 heterocycles. The van der Waals surface area contributed by atoms with Crippen LogP contribution in [0.2, 0.25) is 0 Å². The van der Waals surface area contributed by atoms with Crippen molar-refractivity contribution in [2.75, 3.05) is 5.32 Å². The number of aliphatic hydroxyl groups is 1. The van der Waals surface area contributed by atoms with Crippen LogP contribution >= 0.6 is 0 Å². The number of para-hydroxylation sites is 1. The van der Waals surface area contributed by atoms with Crippen LogP contribution in [0.25, 0.3) is 0 Å². The quantitative estimate of drug-likeness (QED) is 0.773. The number of fused-ring (bicyclic) bond motifs is 1. The maximum Gasteiger partial charge on any atom is 0.137 e. The summed E-state index contributed by atoms with van der Waals surface area (Å²) in [7, 11) is 0. The van der Waals surface area contributed by atoms with Crippen molar-refractivity contribution < 1.29 is 5.11 Å². The van der Waals surface area contributed by atoms with E-state index in [4.69, 9.17) is 0 Å². The third-order valence-electron chi connectivity index (χ3n) is 4.21. The number of aryl methyl sites for hydroxylation is 1. The first kappa shape index (κ1) is 12.3. The fourth-order valence-corrected chi connectivity index (χ4v) is 3.28. The van der Waals surface area contributed by atoms with Crippen molar-refractivity contribution in [1.29, 1.82) is 0 Å². The molecule has 0 fully saturated rings. The molecule has 1 aromatic heterocycles. The summed E-state index contributed by atoms with van der Waals surface area (Å²) in [6.45, 7) is 6.42. The zero-order valence-electron chi connectivity index (χ0n) is 11.6. The van der Waals surface area contributed by atoms with Crippen molar-refractivity contribution in [1.82, 2.24) is 4.98 Å². The molecule has 2 aromatic rings. The van der Waals surface area contributed by atoms with Crippen molar-refractivity contribution in [2.45, 2.75) is 39.3 Å². The highest BCUT2D eigenvalue weighted by Crippen LogP contribution is 2.40. The lowest BCUT2D eigenvalue weighted by molar-refractivity contribution is 0.192. The van der Waals surface area contributed by atoms with Crippen LogP contribution in [0.4, 0.5) is 5.69 Å². The van der Waals surface area contributed by atoms with E-state index in [1.807, 2.05) is 18.2 Å². The molecule has 2 unspecified atom stereocenters. The summed E-state index contributed by atoms with van der Waals surface area (Å²) in [5.74, 6) is -0.00444. The zero-order chi connectivity index (χ0) is 13.6. The molecule has 0 saturated heterocycles. The standard InChI is InChI=1S/C16H20N2O/c1-4-11-9(2)15(17-10(11)3)14-12-7-5-6-8-13(12)18-16(14)19/h5-8,14,16-19H,4H2,1-3H3. The summed E-state index contributed by atoms with van der Waals surface area (Å²) in [4.78, 5) is 3.48. The van der Waals surface area contributed by atoms with E-state index in [1.54, 1.807) is 0 Å². The van der Waals surface area contributed by atoms with Gasteiger partial charge >= 0.3 is 0 Å². The van der Waals surface area contributed by atoms with Crippen LogP contribution in [0.5, 0.6) is 0 Å². The molecular formula is C16H20N2O. The molecule has 0 amide bonds. The van der Waals surface area contributed by atoms with Gasteiger partial charge in [-0.2, -0.15) is 0 Å². The second-order valence-corrected chi connectivity index (χ2v) is 5.27. The van der Waals surface area contributed by atoms with Crippen LogP contribution in [0.1, 0.15) is 40.9 Å². The molecule has 3 rings (SSSR count). The van der Waals surface area contributed by atoms with E-state index in [1.165, 1.54) is 22.4 Å². The van der Waals surface area contributed by atoms with Gasteiger partial charge < -0.3 is 15.4 Å². The first-order valence-electron chi connectivity index (χ1n) is 6.85. The molecule has 0 bridgehead atoms. The van der Waals surface area contributed by atoms with E-state index >= 15 is 0 Å². The summed E-state index contributed by atoms with van der Waals surface area (Å²) in [5.41, 5.74) is 7.20. The minimum Gasteiger partial charge on any atom is -0.373 e. The Balaban J connectivity index is 2.12. The topological polar surface area (TPSA) is 48.0 Å². The fourth-order valence-electron chi connectivity index (χ4n) is 3.28. The number of benzene rings is 1. The van der Waals surface area contributed by atoms with E-state index in [9.17, 15) is 5.11 Å². The predicted molar refractivity (Wildman–Crippen MR) is 77.6 cm³/mol. The normalized spacial score (nSPS) is 21.3. The van der Waals surface area contributed by atoms with Gasteiger partial charge in [-0.25, -0.2) is 0 Å². The molecule has 1 aliphatic rings. The minimum absolute atomic E-state index is 0.00444. The number of rotatable bonds is 2. The molecular weight excluding hydrogens is 236 g/mol. The first-order valence-corrected chi connectivity index (χ1v) is 6.85. The third kappa shape index (κ3) is 1.77. The van der Waals surface area contributed by atoms with Crippen LogP contribution in [-0.2, 0) is 6.42 Å². The second-order valence-electron chi connectivity index (χ2n) is 5.27. The van der Waals surface area contributed by atoms with Gasteiger partial charge in [0.2, 0.25) is 0 Å². The highest BCUT2D eigenvalue weighted by Gasteiger charge is 2.34. The number of hydrogen-bond acceptors (Lipinski definition) is 2. The fraction of sp³-hybridized carbons (Fsp3) is 0.375. The van der Waals surface area contributed by atoms with Gasteiger partial charge in [0.25, 0.3) is 0 Å². The van der Waals surface area contributed by atoms with Crippen LogP contribution < -0.4 is 5.32 Å². The van der Waals surface area contributed by atoms with E-state index in [-0.39, 0.29) is 5.92 Å². The summed E-state index contributed by atoms with van der Waals surface area (Å²) in [6.07, 6.45) is 0.463. The van der Waals surface area contributed by atoms with Crippen molar-refractivity contribution in [3.05, 3.63) is 52.3 Å². The monoisotopic (exact) mass is 256 g/mol. The molecule has 1 aliphatic heterocycles. The number of nitrogens with one attached hydrogen (secondary N) is 2. The molecule has 0 aliphatic carbocycles. The molecule has 19 heavy (non-hydrogen) atoms. The Bertz CT molecular complexity index is 615. The lowest BCUT2D eigenvalue weighted by atomic mass is 9.93. The van der Waals surface area contributed by atoms with Crippen molar-refractivity contribution in [2.24, 2.45) is 0 Å². The number of H-pyrrole nitrogens is 1. The Morgan fingerprint density at radius 1 is 1.21 bits per heavy atom. The number of aliphatic hydroxyl groups excluding tert-OH is 1. The number of aromatic amines is 1. The van der Waals surface area contributed by atoms with E-state index in [0.29, 0.717) is 0 Å². The highest BCUT2D eigenvalue weighted by atomic mass is 16.3. The van der Waals surface area contributed by atoms with Gasteiger partial charge in [-0.3, -0.25) is 0 Å². The molecule has 3 heteroatoms. The average molecular weight is 256 g/mol. The summed E-state index contributed by atoms with van der Waals surface area (Å²) < 4.78 is 0. The van der Waals surface area contributed by atoms with Gasteiger partial charge in [0.15, 0.2) is 0 Å². The Labute approximate surface area is 113 Å². The Morgan fingerprint density at radius 2 is 1.95 bits per heavy atom. The van der Waals surface area contributed by atoms with Gasteiger partial charge in [0.05, 0.1) is 5.92 Å². The molecule has 3 nitrogen and oxygen atoms in total. The van der Waals surface area contributed by atoms with Crippen molar-refractivity contribution in [3.8, 4) is 0 Å². The van der Waals surface area contributed by atoms with Crippen LogP contribution in [-0.4, -0.2) is 16.3 Å².